The van der Waals surface area contributed by atoms with Crippen molar-refractivity contribution in [3.8, 4) is 5.75 Å². The van der Waals surface area contributed by atoms with E-state index in [9.17, 15) is 0 Å². The highest BCUT2D eigenvalue weighted by molar-refractivity contribution is 5.45. The Morgan fingerprint density at radius 2 is 2.36 bits per heavy atom. The zero-order valence-electron chi connectivity index (χ0n) is 8.66. The molecule has 1 N–H and O–H groups in total. The van der Waals surface area contributed by atoms with E-state index in [4.69, 9.17) is 4.74 Å². The van der Waals surface area contributed by atoms with Crippen LogP contribution in [0.3, 0.4) is 0 Å². The van der Waals surface area contributed by atoms with Gasteiger partial charge in [-0.1, -0.05) is 6.08 Å². The molecule has 0 aliphatic carbocycles. The van der Waals surface area contributed by atoms with Gasteiger partial charge in [0.15, 0.2) is 0 Å². The van der Waals surface area contributed by atoms with E-state index >= 15 is 0 Å². The van der Waals surface area contributed by atoms with E-state index in [1.165, 1.54) is 0 Å². The Kier molecular flexibility index (Phi) is 4.72. The van der Waals surface area contributed by atoms with Crippen molar-refractivity contribution in [3.63, 3.8) is 0 Å². The molecule has 0 saturated carbocycles. The van der Waals surface area contributed by atoms with Crippen LogP contribution in [0.4, 0.5) is 0 Å². The topological polar surface area (TPSA) is 34.1 Å². The zero-order valence-corrected chi connectivity index (χ0v) is 8.66. The highest BCUT2D eigenvalue weighted by Crippen LogP contribution is 2.08. The van der Waals surface area contributed by atoms with Crippen LogP contribution < -0.4 is 10.1 Å². The van der Waals surface area contributed by atoms with Crippen molar-refractivity contribution in [1.82, 2.24) is 10.3 Å². The molecule has 0 amide bonds. The van der Waals surface area contributed by atoms with Crippen LogP contribution in [0.2, 0.25) is 0 Å². The van der Waals surface area contributed by atoms with E-state index in [2.05, 4.69) is 16.4 Å². The molecule has 1 aromatic heterocycles. The minimum atomic E-state index is 0.789. The molecule has 1 heterocycles. The van der Waals surface area contributed by atoms with E-state index in [0.29, 0.717) is 0 Å². The van der Waals surface area contributed by atoms with E-state index < -0.39 is 0 Å². The van der Waals surface area contributed by atoms with Gasteiger partial charge >= 0.3 is 0 Å². The third kappa shape index (κ3) is 3.58. The lowest BCUT2D eigenvalue weighted by Crippen LogP contribution is -2.05. The molecule has 0 aliphatic rings. The first-order valence-corrected chi connectivity index (χ1v) is 4.68. The van der Waals surface area contributed by atoms with Gasteiger partial charge in [-0.15, -0.1) is 0 Å². The van der Waals surface area contributed by atoms with Crippen LogP contribution in [0.1, 0.15) is 12.1 Å². The lowest BCUT2D eigenvalue weighted by molar-refractivity contribution is 0.413. The Morgan fingerprint density at radius 3 is 2.93 bits per heavy atom. The Labute approximate surface area is 84.8 Å². The average molecular weight is 192 g/mol. The maximum atomic E-state index is 5.02. The number of ether oxygens (including phenoxy) is 1. The van der Waals surface area contributed by atoms with Crippen molar-refractivity contribution in [1.29, 1.82) is 0 Å². The predicted octanol–water partition coefficient (Wildman–Crippen LogP) is 1.71. The van der Waals surface area contributed by atoms with Crippen molar-refractivity contribution in [2.75, 3.05) is 20.7 Å². The third-order valence-corrected chi connectivity index (χ3v) is 1.84. The number of hydrogen-bond acceptors (Lipinski definition) is 3. The Balaban J connectivity index is 2.47. The molecule has 0 saturated heterocycles. The summed E-state index contributed by atoms with van der Waals surface area (Å²) in [7, 11) is 3.58. The first-order valence-electron chi connectivity index (χ1n) is 4.68. The standard InChI is InChI=1S/C11H16N2O/c1-12-8-4-3-5-10-6-7-11(14-2)9-13-10/h3,5-7,9,12H,4,8H2,1-2H3. The van der Waals surface area contributed by atoms with E-state index in [0.717, 1.165) is 24.4 Å². The molecule has 0 unspecified atom stereocenters. The second kappa shape index (κ2) is 6.16. The van der Waals surface area contributed by atoms with Crippen LogP contribution in [0.25, 0.3) is 6.08 Å². The Hall–Kier alpha value is -1.35. The third-order valence-electron chi connectivity index (χ3n) is 1.84. The van der Waals surface area contributed by atoms with Gasteiger partial charge in [0.2, 0.25) is 0 Å². The molecular formula is C11H16N2O. The molecule has 0 fully saturated rings. The monoisotopic (exact) mass is 192 g/mol. The van der Waals surface area contributed by atoms with Crippen molar-refractivity contribution in [2.24, 2.45) is 0 Å². The predicted molar refractivity (Wildman–Crippen MR) is 58.4 cm³/mol. The maximum absolute atomic E-state index is 5.02. The lowest BCUT2D eigenvalue weighted by atomic mass is 10.3. The van der Waals surface area contributed by atoms with Gasteiger partial charge in [0.25, 0.3) is 0 Å². The number of aromatic nitrogens is 1. The number of rotatable bonds is 5. The molecule has 0 aromatic carbocycles. The second-order valence-corrected chi connectivity index (χ2v) is 2.92. The summed E-state index contributed by atoms with van der Waals surface area (Å²) >= 11 is 0. The van der Waals surface area contributed by atoms with Gasteiger partial charge in [-0.05, 0) is 38.2 Å². The van der Waals surface area contributed by atoms with Gasteiger partial charge in [0, 0.05) is 0 Å². The normalized spacial score (nSPS) is 10.7. The van der Waals surface area contributed by atoms with E-state index in [1.54, 1.807) is 13.3 Å². The van der Waals surface area contributed by atoms with Gasteiger partial charge in [-0.25, -0.2) is 0 Å². The van der Waals surface area contributed by atoms with Crippen molar-refractivity contribution in [3.05, 3.63) is 30.1 Å². The Morgan fingerprint density at radius 1 is 1.50 bits per heavy atom. The molecule has 76 valence electrons. The summed E-state index contributed by atoms with van der Waals surface area (Å²) in [4.78, 5) is 4.21. The van der Waals surface area contributed by atoms with Gasteiger partial charge in [-0.3, -0.25) is 4.98 Å². The first kappa shape index (κ1) is 10.7. The molecule has 0 radical (unpaired) electrons. The van der Waals surface area contributed by atoms with Crippen LogP contribution in [0.5, 0.6) is 5.75 Å². The quantitative estimate of drug-likeness (QED) is 0.721. The summed E-state index contributed by atoms with van der Waals surface area (Å²) in [5, 5.41) is 3.08. The minimum absolute atomic E-state index is 0.789. The van der Waals surface area contributed by atoms with Gasteiger partial charge < -0.3 is 10.1 Å². The fourth-order valence-electron chi connectivity index (χ4n) is 1.04. The number of hydrogen-bond donors (Lipinski definition) is 1. The smallest absolute Gasteiger partial charge is 0.137 e. The van der Waals surface area contributed by atoms with Crippen LogP contribution in [0, 0.1) is 0 Å². The first-order chi connectivity index (χ1) is 6.86. The SMILES string of the molecule is CNCCC=Cc1ccc(OC)cn1. The molecular weight excluding hydrogens is 176 g/mol. The summed E-state index contributed by atoms with van der Waals surface area (Å²) in [5.41, 5.74) is 0.960. The summed E-state index contributed by atoms with van der Waals surface area (Å²) in [6.45, 7) is 0.993. The van der Waals surface area contributed by atoms with Crippen LogP contribution >= 0.6 is 0 Å². The number of pyridine rings is 1. The van der Waals surface area contributed by atoms with E-state index in [1.807, 2.05) is 25.3 Å². The fraction of sp³-hybridized carbons (Fsp3) is 0.364. The largest absolute Gasteiger partial charge is 0.495 e. The summed E-state index contributed by atoms with van der Waals surface area (Å²) in [5.74, 6) is 0.789. The maximum Gasteiger partial charge on any atom is 0.137 e. The summed E-state index contributed by atoms with van der Waals surface area (Å²) < 4.78 is 5.02. The number of methoxy groups -OCH3 is 1. The summed E-state index contributed by atoms with van der Waals surface area (Å²) in [6, 6.07) is 3.85. The fourth-order valence-corrected chi connectivity index (χ4v) is 1.04. The van der Waals surface area contributed by atoms with Gasteiger partial charge in [0.05, 0.1) is 19.0 Å². The van der Waals surface area contributed by atoms with Crippen LogP contribution in [0.15, 0.2) is 24.4 Å². The van der Waals surface area contributed by atoms with Gasteiger partial charge in [0.1, 0.15) is 5.75 Å². The average Bonchev–Trinajstić information content (AvgIpc) is 2.25. The van der Waals surface area contributed by atoms with Gasteiger partial charge in [-0.2, -0.15) is 0 Å². The van der Waals surface area contributed by atoms with Crippen molar-refractivity contribution in [2.45, 2.75) is 6.42 Å². The molecule has 1 rings (SSSR count). The highest BCUT2D eigenvalue weighted by atomic mass is 16.5. The second-order valence-electron chi connectivity index (χ2n) is 2.92. The molecule has 0 bridgehead atoms. The lowest BCUT2D eigenvalue weighted by Gasteiger charge is -1.98. The molecule has 1 aromatic rings. The molecule has 14 heavy (non-hydrogen) atoms. The highest BCUT2D eigenvalue weighted by Gasteiger charge is 1.90. The minimum Gasteiger partial charge on any atom is -0.495 e. The number of nitrogens with one attached hydrogen (secondary N) is 1. The molecule has 3 heteroatoms. The molecule has 3 nitrogen and oxygen atoms in total. The van der Waals surface area contributed by atoms with Crippen molar-refractivity contribution >= 4 is 6.08 Å². The molecule has 0 aliphatic heterocycles. The molecule has 0 spiro atoms. The Bertz CT molecular complexity index is 280. The zero-order chi connectivity index (χ0) is 10.2. The number of nitrogens with zero attached hydrogens (tertiary/aromatic N) is 1. The molecule has 0 atom stereocenters. The summed E-state index contributed by atoms with van der Waals surface area (Å²) in [6.07, 6.45) is 6.85. The van der Waals surface area contributed by atoms with Crippen LogP contribution in [-0.4, -0.2) is 25.7 Å². The van der Waals surface area contributed by atoms with Crippen LogP contribution in [-0.2, 0) is 0 Å². The van der Waals surface area contributed by atoms with E-state index in [-0.39, 0.29) is 0 Å². The van der Waals surface area contributed by atoms with Crippen molar-refractivity contribution < 1.29 is 4.74 Å².